The van der Waals surface area contributed by atoms with E-state index in [9.17, 15) is 20.1 Å². The van der Waals surface area contributed by atoms with Gasteiger partial charge in [0.2, 0.25) is 0 Å². The number of aliphatic hydroxyl groups excluding tert-OH is 3. The van der Waals surface area contributed by atoms with Gasteiger partial charge in [-0.1, -0.05) is 6.07 Å². The van der Waals surface area contributed by atoms with E-state index in [1.807, 2.05) is 19.1 Å². The Morgan fingerprint density at radius 3 is 2.54 bits per heavy atom. The Morgan fingerprint density at radius 1 is 1.18 bits per heavy atom. The fraction of sp³-hybridized carbons (Fsp3) is 0.381. The predicted molar refractivity (Wildman–Crippen MR) is 102 cm³/mol. The molecule has 7 nitrogen and oxygen atoms in total. The number of benzene rings is 2. The number of carbonyl (C=O) groups is 1. The van der Waals surface area contributed by atoms with Crippen molar-refractivity contribution in [3.8, 4) is 11.5 Å². The maximum Gasteiger partial charge on any atom is 0.251 e. The molecule has 2 aromatic carbocycles. The van der Waals surface area contributed by atoms with E-state index < -0.39 is 24.4 Å². The third-order valence-electron chi connectivity index (χ3n) is 4.73. The van der Waals surface area contributed by atoms with Crippen LogP contribution in [-0.2, 0) is 4.74 Å². The number of rotatable bonds is 5. The maximum absolute atomic E-state index is 11.6. The summed E-state index contributed by atoms with van der Waals surface area (Å²) in [6, 6.07) is 12.2. The number of aliphatic hydroxyl groups is 3. The van der Waals surface area contributed by atoms with E-state index in [2.05, 4.69) is 5.32 Å². The minimum Gasteiger partial charge on any atom is -0.457 e. The topological polar surface area (TPSA) is 108 Å². The SMILES string of the molecule is CNC(=O)c1ccc(Oc2cc(C)cc(C3OC(CO)CC(O)C3O)c2)cc1. The summed E-state index contributed by atoms with van der Waals surface area (Å²) in [6.07, 6.45) is -3.19. The average Bonchev–Trinajstić information content (AvgIpc) is 2.69. The lowest BCUT2D eigenvalue weighted by Crippen LogP contribution is -2.44. The molecule has 0 aliphatic carbocycles. The molecule has 3 rings (SSSR count). The minimum atomic E-state index is -1.09. The van der Waals surface area contributed by atoms with E-state index in [1.54, 1.807) is 37.4 Å². The molecule has 4 unspecified atom stereocenters. The number of hydrogen-bond donors (Lipinski definition) is 4. The molecular formula is C21H25NO6. The summed E-state index contributed by atoms with van der Waals surface area (Å²) in [6.45, 7) is 1.66. The first-order valence-electron chi connectivity index (χ1n) is 9.15. The van der Waals surface area contributed by atoms with Crippen LogP contribution < -0.4 is 10.1 Å². The lowest BCUT2D eigenvalue weighted by atomic mass is 9.92. The Kier molecular flexibility index (Phi) is 6.31. The molecule has 1 saturated heterocycles. The maximum atomic E-state index is 11.6. The number of ether oxygens (including phenoxy) is 2. The average molecular weight is 387 g/mol. The van der Waals surface area contributed by atoms with Gasteiger partial charge in [-0.05, 0) is 54.4 Å². The van der Waals surface area contributed by atoms with Crippen molar-refractivity contribution in [2.24, 2.45) is 0 Å². The van der Waals surface area contributed by atoms with Crippen molar-refractivity contribution in [2.75, 3.05) is 13.7 Å². The van der Waals surface area contributed by atoms with Crippen molar-refractivity contribution in [1.82, 2.24) is 5.32 Å². The first-order chi connectivity index (χ1) is 13.4. The Balaban J connectivity index is 1.82. The first kappa shape index (κ1) is 20.3. The molecule has 150 valence electrons. The Hall–Kier alpha value is -2.45. The van der Waals surface area contributed by atoms with E-state index >= 15 is 0 Å². The predicted octanol–water partition coefficient (Wildman–Crippen LogP) is 1.69. The van der Waals surface area contributed by atoms with Crippen LogP contribution in [0.2, 0.25) is 0 Å². The highest BCUT2D eigenvalue weighted by Gasteiger charge is 2.37. The van der Waals surface area contributed by atoms with Gasteiger partial charge in [0, 0.05) is 19.0 Å². The second kappa shape index (κ2) is 8.70. The lowest BCUT2D eigenvalue weighted by Gasteiger charge is -2.37. The van der Waals surface area contributed by atoms with Gasteiger partial charge in [-0.15, -0.1) is 0 Å². The van der Waals surface area contributed by atoms with Crippen LogP contribution in [0.25, 0.3) is 0 Å². The van der Waals surface area contributed by atoms with Gasteiger partial charge >= 0.3 is 0 Å². The molecule has 1 heterocycles. The summed E-state index contributed by atoms with van der Waals surface area (Å²) in [5, 5.41) is 32.4. The van der Waals surface area contributed by atoms with E-state index in [4.69, 9.17) is 9.47 Å². The Morgan fingerprint density at radius 2 is 1.89 bits per heavy atom. The molecule has 0 aromatic heterocycles. The fourth-order valence-corrected chi connectivity index (χ4v) is 3.30. The van der Waals surface area contributed by atoms with Crippen molar-refractivity contribution in [3.05, 3.63) is 59.2 Å². The van der Waals surface area contributed by atoms with Crippen molar-refractivity contribution in [2.45, 2.75) is 37.8 Å². The largest absolute Gasteiger partial charge is 0.457 e. The third kappa shape index (κ3) is 4.51. The monoisotopic (exact) mass is 387 g/mol. The smallest absolute Gasteiger partial charge is 0.251 e. The van der Waals surface area contributed by atoms with Gasteiger partial charge in [0.25, 0.3) is 5.91 Å². The zero-order valence-electron chi connectivity index (χ0n) is 15.8. The van der Waals surface area contributed by atoms with Gasteiger partial charge in [0.05, 0.1) is 18.8 Å². The van der Waals surface area contributed by atoms with Crippen molar-refractivity contribution < 1.29 is 29.6 Å². The molecule has 7 heteroatoms. The lowest BCUT2D eigenvalue weighted by molar-refractivity contribution is -0.179. The van der Waals surface area contributed by atoms with Gasteiger partial charge in [-0.25, -0.2) is 0 Å². The molecule has 1 aliphatic rings. The number of carbonyl (C=O) groups excluding carboxylic acids is 1. The molecular weight excluding hydrogens is 362 g/mol. The molecule has 4 N–H and O–H groups in total. The highest BCUT2D eigenvalue weighted by Crippen LogP contribution is 2.35. The standard InChI is InChI=1S/C21H25NO6/c1-12-7-14(20-19(25)18(24)10-17(11-23)28-20)9-16(8-12)27-15-5-3-13(4-6-15)21(26)22-2/h3-9,17-20,23-25H,10-11H2,1-2H3,(H,22,26). The Labute approximate surface area is 163 Å². The van der Waals surface area contributed by atoms with E-state index in [0.29, 0.717) is 22.6 Å². The van der Waals surface area contributed by atoms with Crippen LogP contribution in [0.15, 0.2) is 42.5 Å². The Bertz CT molecular complexity index is 822. The van der Waals surface area contributed by atoms with E-state index in [1.165, 1.54) is 0 Å². The van der Waals surface area contributed by atoms with E-state index in [-0.39, 0.29) is 18.9 Å². The quantitative estimate of drug-likeness (QED) is 0.622. The van der Waals surface area contributed by atoms with Gasteiger partial charge in [0.1, 0.15) is 23.7 Å². The molecule has 1 fully saturated rings. The van der Waals surface area contributed by atoms with Crippen LogP contribution >= 0.6 is 0 Å². The second-order valence-electron chi connectivity index (χ2n) is 6.94. The molecule has 4 atom stereocenters. The van der Waals surface area contributed by atoms with Gasteiger partial charge < -0.3 is 30.1 Å². The highest BCUT2D eigenvalue weighted by atomic mass is 16.5. The van der Waals surface area contributed by atoms with Gasteiger partial charge in [-0.2, -0.15) is 0 Å². The van der Waals surface area contributed by atoms with Crippen LogP contribution in [0.4, 0.5) is 0 Å². The van der Waals surface area contributed by atoms with Crippen LogP contribution in [-0.4, -0.2) is 53.2 Å². The van der Waals surface area contributed by atoms with Crippen LogP contribution in [0.5, 0.6) is 11.5 Å². The summed E-state index contributed by atoms with van der Waals surface area (Å²) >= 11 is 0. The molecule has 28 heavy (non-hydrogen) atoms. The zero-order valence-corrected chi connectivity index (χ0v) is 15.8. The number of aryl methyl sites for hydroxylation is 1. The second-order valence-corrected chi connectivity index (χ2v) is 6.94. The molecule has 2 aromatic rings. The van der Waals surface area contributed by atoms with Crippen molar-refractivity contribution >= 4 is 5.91 Å². The zero-order chi connectivity index (χ0) is 20.3. The normalized spacial score (nSPS) is 24.6. The van der Waals surface area contributed by atoms with Gasteiger partial charge in [-0.3, -0.25) is 4.79 Å². The molecule has 0 bridgehead atoms. The summed E-state index contributed by atoms with van der Waals surface area (Å²) in [4.78, 5) is 11.6. The minimum absolute atomic E-state index is 0.176. The molecule has 0 saturated carbocycles. The van der Waals surface area contributed by atoms with Crippen LogP contribution in [0.3, 0.4) is 0 Å². The van der Waals surface area contributed by atoms with Crippen molar-refractivity contribution in [3.63, 3.8) is 0 Å². The molecule has 1 amide bonds. The summed E-state index contributed by atoms with van der Waals surface area (Å²) in [5.41, 5.74) is 2.08. The summed E-state index contributed by atoms with van der Waals surface area (Å²) in [5.74, 6) is 0.923. The van der Waals surface area contributed by atoms with Crippen molar-refractivity contribution in [1.29, 1.82) is 0 Å². The van der Waals surface area contributed by atoms with Crippen LogP contribution in [0.1, 0.15) is 34.0 Å². The third-order valence-corrected chi connectivity index (χ3v) is 4.73. The molecule has 1 aliphatic heterocycles. The summed E-state index contributed by atoms with van der Waals surface area (Å²) < 4.78 is 11.7. The van der Waals surface area contributed by atoms with Gasteiger partial charge in [0.15, 0.2) is 0 Å². The van der Waals surface area contributed by atoms with Crippen LogP contribution in [0, 0.1) is 6.92 Å². The van der Waals surface area contributed by atoms with E-state index in [0.717, 1.165) is 5.56 Å². The first-order valence-corrected chi connectivity index (χ1v) is 9.15. The highest BCUT2D eigenvalue weighted by molar-refractivity contribution is 5.94. The number of nitrogens with one attached hydrogen (secondary N) is 1. The summed E-state index contributed by atoms with van der Waals surface area (Å²) in [7, 11) is 1.57. The molecule has 0 spiro atoms. The number of amides is 1. The number of hydrogen-bond acceptors (Lipinski definition) is 6. The fourth-order valence-electron chi connectivity index (χ4n) is 3.30. The molecule has 0 radical (unpaired) electrons.